The summed E-state index contributed by atoms with van der Waals surface area (Å²) < 4.78 is 48.4. The number of aryl methyl sites for hydroxylation is 3. The summed E-state index contributed by atoms with van der Waals surface area (Å²) in [6.07, 6.45) is -2.24. The van der Waals surface area contributed by atoms with Gasteiger partial charge in [0.2, 0.25) is 5.91 Å². The first-order valence-corrected chi connectivity index (χ1v) is 14.9. The topological polar surface area (TPSA) is 111 Å². The molecule has 4 aromatic rings. The smallest absolute Gasteiger partial charge is 0.489 e. The van der Waals surface area contributed by atoms with Crippen LogP contribution < -0.4 is 19.7 Å². The Balaban J connectivity index is 1.18. The number of hydrogen-bond donors (Lipinski definition) is 1. The molecule has 3 aromatic carbocycles. The van der Waals surface area contributed by atoms with Crippen molar-refractivity contribution in [1.82, 2.24) is 14.8 Å². The fourth-order valence-electron chi connectivity index (χ4n) is 4.42. The Hall–Kier alpha value is -4.85. The number of nitrogens with zero attached hydrogens (tertiary/aromatic N) is 5. The van der Waals surface area contributed by atoms with E-state index in [9.17, 15) is 22.8 Å². The van der Waals surface area contributed by atoms with Crippen LogP contribution in [0.1, 0.15) is 30.8 Å². The van der Waals surface area contributed by atoms with Gasteiger partial charge in [0.15, 0.2) is 11.0 Å². The van der Waals surface area contributed by atoms with Gasteiger partial charge in [0, 0.05) is 12.1 Å². The Morgan fingerprint density at radius 3 is 2.49 bits per heavy atom. The van der Waals surface area contributed by atoms with Crippen LogP contribution in [0.25, 0.3) is 5.69 Å². The second-order valence-corrected chi connectivity index (χ2v) is 11.3. The Morgan fingerprint density at radius 1 is 1.07 bits per heavy atom. The molecule has 0 saturated carbocycles. The number of amides is 3. The van der Waals surface area contributed by atoms with Crippen molar-refractivity contribution in [2.24, 2.45) is 4.99 Å². The number of carbonyl (C=O) groups is 2. The van der Waals surface area contributed by atoms with Crippen LogP contribution in [-0.4, -0.2) is 50.1 Å². The molecule has 0 radical (unpaired) electrons. The van der Waals surface area contributed by atoms with Crippen molar-refractivity contribution < 1.29 is 32.2 Å². The molecule has 45 heavy (non-hydrogen) atoms. The lowest BCUT2D eigenvalue weighted by atomic mass is 10.1. The molecule has 10 nitrogen and oxygen atoms in total. The number of hydrogen-bond acceptors (Lipinski definition) is 7. The van der Waals surface area contributed by atoms with Crippen LogP contribution in [0.4, 0.5) is 29.3 Å². The minimum Gasteiger partial charge on any atom is -0.489 e. The van der Waals surface area contributed by atoms with Crippen LogP contribution in [0.15, 0.2) is 78.0 Å². The summed E-state index contributed by atoms with van der Waals surface area (Å²) >= 11 is 1.19. The van der Waals surface area contributed by atoms with Crippen LogP contribution in [0.3, 0.4) is 0 Å². The van der Waals surface area contributed by atoms with Gasteiger partial charge in [0.1, 0.15) is 17.8 Å². The number of ether oxygens (including phenoxy) is 2. The van der Waals surface area contributed by atoms with E-state index in [1.54, 1.807) is 18.2 Å². The molecule has 1 aliphatic rings. The highest BCUT2D eigenvalue weighted by atomic mass is 32.2. The Bertz CT molecular complexity index is 1710. The van der Waals surface area contributed by atoms with E-state index in [1.165, 1.54) is 51.9 Å². The number of halogens is 3. The number of nitrogens with one attached hydrogen (secondary N) is 1. The van der Waals surface area contributed by atoms with Crippen molar-refractivity contribution in [2.45, 2.75) is 46.1 Å². The summed E-state index contributed by atoms with van der Waals surface area (Å²) in [5.41, 5.74) is 3.53. The van der Waals surface area contributed by atoms with Gasteiger partial charge < -0.3 is 14.8 Å². The van der Waals surface area contributed by atoms with Gasteiger partial charge in [0.25, 0.3) is 0 Å². The molecule has 14 heteroatoms. The first-order chi connectivity index (χ1) is 21.4. The number of aromatic nitrogens is 3. The number of alkyl halides is 3. The summed E-state index contributed by atoms with van der Waals surface area (Å²) in [4.78, 5) is 35.5. The quantitative estimate of drug-likeness (QED) is 0.217. The van der Waals surface area contributed by atoms with Gasteiger partial charge in [-0.05, 0) is 86.8 Å². The summed E-state index contributed by atoms with van der Waals surface area (Å²) in [6.45, 7) is 5.71. The average Bonchev–Trinajstić information content (AvgIpc) is 3.59. The molecule has 0 atom stereocenters. The lowest BCUT2D eigenvalue weighted by molar-refractivity contribution is -0.274. The number of anilines is 2. The molecule has 1 fully saturated rings. The van der Waals surface area contributed by atoms with Gasteiger partial charge in [-0.15, -0.1) is 13.2 Å². The number of rotatable bonds is 9. The lowest BCUT2D eigenvalue weighted by Crippen LogP contribution is -2.31. The molecule has 1 N–H and O–H groups in total. The normalized spacial score (nSPS) is 14.3. The number of carbonyl (C=O) groups excluding carboxylic acids is 2. The zero-order chi connectivity index (χ0) is 32.1. The van der Waals surface area contributed by atoms with E-state index < -0.39 is 12.4 Å². The van der Waals surface area contributed by atoms with Gasteiger partial charge in [0.05, 0.1) is 23.2 Å². The van der Waals surface area contributed by atoms with Crippen molar-refractivity contribution in [1.29, 1.82) is 0 Å². The molecule has 0 spiro atoms. The maximum Gasteiger partial charge on any atom is 0.573 e. The number of aliphatic imine (C=N–C) groups is 1. The van der Waals surface area contributed by atoms with Crippen molar-refractivity contribution >= 4 is 40.2 Å². The molecule has 1 saturated heterocycles. The minimum absolute atomic E-state index is 0.103. The van der Waals surface area contributed by atoms with Crippen LogP contribution in [0, 0.1) is 6.92 Å². The second kappa shape index (κ2) is 13.4. The van der Waals surface area contributed by atoms with Gasteiger partial charge in [-0.2, -0.15) is 10.1 Å². The molecule has 5 rings (SSSR count). The van der Waals surface area contributed by atoms with Crippen LogP contribution in [0.5, 0.6) is 11.5 Å². The van der Waals surface area contributed by atoms with E-state index in [0.29, 0.717) is 41.5 Å². The third-order valence-corrected chi connectivity index (χ3v) is 7.32. The number of urea groups is 1. The van der Waals surface area contributed by atoms with E-state index >= 15 is 0 Å². The van der Waals surface area contributed by atoms with Crippen molar-refractivity contribution in [2.75, 3.05) is 16.0 Å². The summed E-state index contributed by atoms with van der Waals surface area (Å²) in [5, 5.41) is 7.41. The molecule has 0 bridgehead atoms. The van der Waals surface area contributed by atoms with Crippen LogP contribution >= 0.6 is 11.8 Å². The third-order valence-electron chi connectivity index (χ3n) is 6.40. The van der Waals surface area contributed by atoms with Gasteiger partial charge >= 0.3 is 12.4 Å². The molecule has 3 amide bonds. The first kappa shape index (κ1) is 31.6. The van der Waals surface area contributed by atoms with Gasteiger partial charge in [-0.1, -0.05) is 30.0 Å². The Kier molecular flexibility index (Phi) is 9.42. The molecule has 1 aromatic heterocycles. The van der Waals surface area contributed by atoms with E-state index in [2.05, 4.69) is 25.1 Å². The predicted molar refractivity (Wildman–Crippen MR) is 165 cm³/mol. The molecule has 1 aliphatic heterocycles. The zero-order valence-electron chi connectivity index (χ0n) is 24.5. The minimum atomic E-state index is -4.76. The number of thioether (sulfide) groups is 1. The van der Waals surface area contributed by atoms with Crippen LogP contribution in [-0.2, 0) is 17.6 Å². The van der Waals surface area contributed by atoms with Crippen molar-refractivity contribution in [3.05, 3.63) is 90.0 Å². The SMILES string of the molecule is Cc1ccc(OC(C)C)c(N2C(=O)CS/C2=N\C(=O)Nc2ccc(CCc3ncn(-c4ccc(OC(F)(F)F)cc4)n3)cc2)c1. The summed E-state index contributed by atoms with van der Waals surface area (Å²) in [7, 11) is 0. The molecule has 234 valence electrons. The van der Waals surface area contributed by atoms with Gasteiger partial charge in [-0.3, -0.25) is 9.69 Å². The largest absolute Gasteiger partial charge is 0.573 e. The predicted octanol–water partition coefficient (Wildman–Crippen LogP) is 6.71. The highest BCUT2D eigenvalue weighted by molar-refractivity contribution is 8.15. The van der Waals surface area contributed by atoms with E-state index in [1.807, 2.05) is 45.0 Å². The highest BCUT2D eigenvalue weighted by Crippen LogP contribution is 2.36. The van der Waals surface area contributed by atoms with Crippen molar-refractivity contribution in [3.63, 3.8) is 0 Å². The number of amidine groups is 1. The second-order valence-electron chi connectivity index (χ2n) is 10.3. The zero-order valence-corrected chi connectivity index (χ0v) is 25.4. The lowest BCUT2D eigenvalue weighted by Gasteiger charge is -2.21. The fraction of sp³-hybridized carbons (Fsp3) is 0.258. The average molecular weight is 639 g/mol. The third kappa shape index (κ3) is 8.41. The van der Waals surface area contributed by atoms with Crippen LogP contribution in [0.2, 0.25) is 0 Å². The fourth-order valence-corrected chi connectivity index (χ4v) is 5.28. The van der Waals surface area contributed by atoms with Gasteiger partial charge in [-0.25, -0.2) is 14.5 Å². The molecule has 0 aliphatic carbocycles. The molecule has 2 heterocycles. The summed E-state index contributed by atoms with van der Waals surface area (Å²) in [5.74, 6) is 0.740. The standard InChI is InChI=1S/C31H29F3N6O4S/c1-19(2)43-26-14-4-20(3)16-25(26)40-28(41)17-45-30(40)37-29(42)36-22-8-5-21(6-9-22)7-15-27-35-18-39(38-27)23-10-12-24(13-11-23)44-31(32,33)34/h4-6,8-14,16,18-19H,7,15,17H2,1-3H3,(H,36,42)/b37-30-. The Labute approximate surface area is 261 Å². The number of benzene rings is 3. The molecular formula is C31H29F3N6O4S. The van der Waals surface area contributed by atoms with E-state index in [-0.39, 0.29) is 28.7 Å². The van der Waals surface area contributed by atoms with E-state index in [4.69, 9.17) is 4.74 Å². The molecule has 0 unspecified atom stereocenters. The first-order valence-electron chi connectivity index (χ1n) is 13.9. The molecular weight excluding hydrogens is 609 g/mol. The summed E-state index contributed by atoms with van der Waals surface area (Å²) in [6, 6.07) is 17.5. The monoisotopic (exact) mass is 638 g/mol. The maximum atomic E-state index is 12.8. The maximum absolute atomic E-state index is 12.8. The highest BCUT2D eigenvalue weighted by Gasteiger charge is 2.33. The van der Waals surface area contributed by atoms with E-state index in [0.717, 1.165) is 11.1 Å². The van der Waals surface area contributed by atoms with Crippen molar-refractivity contribution in [3.8, 4) is 17.2 Å². The Morgan fingerprint density at radius 2 is 1.80 bits per heavy atom.